The molecule has 144 valence electrons. The van der Waals surface area contributed by atoms with Gasteiger partial charge in [-0.1, -0.05) is 32.0 Å². The summed E-state index contributed by atoms with van der Waals surface area (Å²) < 4.78 is 1.67. The molecule has 1 saturated heterocycles. The zero-order valence-electron chi connectivity index (χ0n) is 15.7. The van der Waals surface area contributed by atoms with Crippen LogP contribution in [0.3, 0.4) is 0 Å². The molecule has 1 aliphatic heterocycles. The molecule has 8 heteroatoms. The van der Waals surface area contributed by atoms with E-state index in [4.69, 9.17) is 5.11 Å². The summed E-state index contributed by atoms with van der Waals surface area (Å²) >= 11 is 0. The molecular weight excluding hydrogens is 348 g/mol. The van der Waals surface area contributed by atoms with Crippen molar-refractivity contribution in [3.8, 4) is 5.69 Å². The van der Waals surface area contributed by atoms with E-state index in [0.717, 1.165) is 11.3 Å². The molecule has 1 aromatic heterocycles. The van der Waals surface area contributed by atoms with E-state index in [0.29, 0.717) is 11.7 Å². The summed E-state index contributed by atoms with van der Waals surface area (Å²) in [5.41, 5.74) is 0.222. The number of carbonyl (C=O) groups is 2. The number of para-hydroxylation sites is 1. The summed E-state index contributed by atoms with van der Waals surface area (Å²) in [7, 11) is 0. The Bertz CT molecular complexity index is 866. The largest absolute Gasteiger partial charge is 0.479 e. The minimum atomic E-state index is -1.77. The van der Waals surface area contributed by atoms with Gasteiger partial charge in [-0.05, 0) is 24.5 Å². The van der Waals surface area contributed by atoms with E-state index in [2.05, 4.69) is 23.9 Å². The van der Waals surface area contributed by atoms with E-state index in [1.54, 1.807) is 11.6 Å². The second-order valence-corrected chi connectivity index (χ2v) is 7.24. The lowest BCUT2D eigenvalue weighted by Crippen LogP contribution is -2.51. The summed E-state index contributed by atoms with van der Waals surface area (Å²) in [6.45, 7) is 6.28. The Balaban J connectivity index is 1.83. The van der Waals surface area contributed by atoms with Crippen molar-refractivity contribution in [2.75, 3.05) is 13.1 Å². The molecule has 1 aliphatic rings. The fraction of sp³-hybridized carbons (Fsp3) is 0.474. The van der Waals surface area contributed by atoms with Gasteiger partial charge in [0.05, 0.1) is 5.69 Å². The van der Waals surface area contributed by atoms with E-state index in [-0.39, 0.29) is 37.7 Å². The number of piperidine rings is 1. The van der Waals surface area contributed by atoms with Crippen LogP contribution in [0.25, 0.3) is 5.69 Å². The average Bonchev–Trinajstić information content (AvgIpc) is 3.03. The van der Waals surface area contributed by atoms with Gasteiger partial charge in [0.25, 0.3) is 5.91 Å². The van der Waals surface area contributed by atoms with Crippen LogP contribution in [-0.2, 0) is 4.79 Å². The molecule has 2 N–H and O–H groups in total. The molecule has 0 bridgehead atoms. The molecule has 1 aromatic carbocycles. The SMILES string of the molecule is Cc1nc(C(=O)N2CCC(O)(C(=O)O)CC2)nn1-c1ccccc1C(C)C. The summed E-state index contributed by atoms with van der Waals surface area (Å²) in [5, 5.41) is 23.5. The summed E-state index contributed by atoms with van der Waals surface area (Å²) in [6, 6.07) is 7.86. The zero-order chi connectivity index (χ0) is 19.8. The van der Waals surface area contributed by atoms with Crippen molar-refractivity contribution in [1.29, 1.82) is 0 Å². The van der Waals surface area contributed by atoms with Gasteiger partial charge in [-0.25, -0.2) is 14.5 Å². The maximum atomic E-state index is 12.8. The quantitative estimate of drug-likeness (QED) is 0.846. The Kier molecular flexibility index (Phi) is 5.01. The Morgan fingerprint density at radius 2 is 1.81 bits per heavy atom. The number of aromatic nitrogens is 3. The molecule has 2 aromatic rings. The fourth-order valence-corrected chi connectivity index (χ4v) is 3.31. The number of aryl methyl sites for hydroxylation is 1. The first-order valence-corrected chi connectivity index (χ1v) is 9.01. The van der Waals surface area contributed by atoms with Crippen LogP contribution in [0.15, 0.2) is 24.3 Å². The van der Waals surface area contributed by atoms with Crippen LogP contribution in [0.5, 0.6) is 0 Å². The summed E-state index contributed by atoms with van der Waals surface area (Å²) in [5.74, 6) is -0.637. The minimum Gasteiger partial charge on any atom is -0.479 e. The van der Waals surface area contributed by atoms with Gasteiger partial charge >= 0.3 is 5.97 Å². The van der Waals surface area contributed by atoms with Gasteiger partial charge < -0.3 is 15.1 Å². The first-order chi connectivity index (χ1) is 12.7. The summed E-state index contributed by atoms with van der Waals surface area (Å²) in [4.78, 5) is 29.7. The molecule has 0 atom stereocenters. The second kappa shape index (κ2) is 7.11. The lowest BCUT2D eigenvalue weighted by atomic mass is 9.91. The van der Waals surface area contributed by atoms with Crippen molar-refractivity contribution in [3.63, 3.8) is 0 Å². The molecule has 0 saturated carbocycles. The van der Waals surface area contributed by atoms with Crippen molar-refractivity contribution in [2.45, 2.75) is 45.1 Å². The number of nitrogens with zero attached hydrogens (tertiary/aromatic N) is 4. The number of aliphatic carboxylic acids is 1. The number of amides is 1. The lowest BCUT2D eigenvalue weighted by Gasteiger charge is -2.34. The molecule has 1 amide bonds. The normalized spacial score (nSPS) is 16.6. The third-order valence-corrected chi connectivity index (χ3v) is 5.02. The molecule has 0 radical (unpaired) electrons. The van der Waals surface area contributed by atoms with Crippen LogP contribution in [0.4, 0.5) is 0 Å². The van der Waals surface area contributed by atoms with Crippen molar-refractivity contribution >= 4 is 11.9 Å². The Morgan fingerprint density at radius 3 is 2.41 bits per heavy atom. The minimum absolute atomic E-state index is 0.00997. The lowest BCUT2D eigenvalue weighted by molar-refractivity contribution is -0.162. The first-order valence-electron chi connectivity index (χ1n) is 9.01. The van der Waals surface area contributed by atoms with Crippen LogP contribution in [0.1, 0.15) is 54.6 Å². The molecular formula is C19H24N4O4. The number of hydrogen-bond donors (Lipinski definition) is 2. The number of hydrogen-bond acceptors (Lipinski definition) is 5. The number of benzene rings is 1. The standard InChI is InChI=1S/C19H24N4O4/c1-12(2)14-6-4-5-7-15(14)23-13(3)20-16(21-23)17(24)22-10-8-19(27,9-11-22)18(25)26/h4-7,12,27H,8-11H2,1-3H3,(H,25,26). The van der Waals surface area contributed by atoms with Gasteiger partial charge in [-0.15, -0.1) is 5.10 Å². The first kappa shape index (κ1) is 19.0. The predicted octanol–water partition coefficient (Wildman–Crippen LogP) is 1.75. The molecule has 0 unspecified atom stereocenters. The Labute approximate surface area is 157 Å². The number of aliphatic hydroxyl groups is 1. The number of likely N-dealkylation sites (tertiary alicyclic amines) is 1. The highest BCUT2D eigenvalue weighted by Gasteiger charge is 2.41. The highest BCUT2D eigenvalue weighted by Crippen LogP contribution is 2.25. The van der Waals surface area contributed by atoms with Crippen LogP contribution in [0.2, 0.25) is 0 Å². The van der Waals surface area contributed by atoms with Gasteiger partial charge in [-0.3, -0.25) is 4.79 Å². The highest BCUT2D eigenvalue weighted by atomic mass is 16.4. The number of rotatable bonds is 4. The van der Waals surface area contributed by atoms with Crippen LogP contribution in [-0.4, -0.2) is 60.4 Å². The molecule has 1 fully saturated rings. The van der Waals surface area contributed by atoms with E-state index >= 15 is 0 Å². The van der Waals surface area contributed by atoms with Crippen LogP contribution < -0.4 is 0 Å². The molecule has 2 heterocycles. The monoisotopic (exact) mass is 372 g/mol. The topological polar surface area (TPSA) is 109 Å². The smallest absolute Gasteiger partial charge is 0.335 e. The van der Waals surface area contributed by atoms with Gasteiger partial charge in [0, 0.05) is 25.9 Å². The predicted molar refractivity (Wildman–Crippen MR) is 97.9 cm³/mol. The van der Waals surface area contributed by atoms with Crippen LogP contribution >= 0.6 is 0 Å². The van der Waals surface area contributed by atoms with Crippen LogP contribution in [0, 0.1) is 6.92 Å². The third-order valence-electron chi connectivity index (χ3n) is 5.02. The van der Waals surface area contributed by atoms with Gasteiger partial charge in [-0.2, -0.15) is 0 Å². The number of carbonyl (C=O) groups excluding carboxylic acids is 1. The number of carboxylic acid groups (broad SMARTS) is 1. The van der Waals surface area contributed by atoms with Crippen molar-refractivity contribution in [3.05, 3.63) is 41.5 Å². The Morgan fingerprint density at radius 1 is 1.19 bits per heavy atom. The molecule has 27 heavy (non-hydrogen) atoms. The van der Waals surface area contributed by atoms with Crippen molar-refractivity contribution in [2.24, 2.45) is 0 Å². The van der Waals surface area contributed by atoms with E-state index < -0.39 is 11.6 Å². The summed E-state index contributed by atoms with van der Waals surface area (Å²) in [6.07, 6.45) is -0.0199. The maximum Gasteiger partial charge on any atom is 0.335 e. The molecule has 8 nitrogen and oxygen atoms in total. The van der Waals surface area contributed by atoms with Gasteiger partial charge in [0.15, 0.2) is 5.60 Å². The van der Waals surface area contributed by atoms with E-state index in [9.17, 15) is 14.7 Å². The van der Waals surface area contributed by atoms with E-state index in [1.807, 2.05) is 24.3 Å². The number of carboxylic acids is 1. The van der Waals surface area contributed by atoms with Crippen molar-refractivity contribution < 1.29 is 19.8 Å². The molecule has 0 spiro atoms. The Hall–Kier alpha value is -2.74. The highest BCUT2D eigenvalue weighted by molar-refractivity contribution is 5.91. The molecule has 0 aliphatic carbocycles. The van der Waals surface area contributed by atoms with Gasteiger partial charge in [0.1, 0.15) is 5.82 Å². The average molecular weight is 372 g/mol. The third kappa shape index (κ3) is 3.57. The molecule has 3 rings (SSSR count). The zero-order valence-corrected chi connectivity index (χ0v) is 15.7. The van der Waals surface area contributed by atoms with Crippen molar-refractivity contribution in [1.82, 2.24) is 19.7 Å². The maximum absolute atomic E-state index is 12.8. The van der Waals surface area contributed by atoms with Gasteiger partial charge in [0.2, 0.25) is 5.82 Å². The van der Waals surface area contributed by atoms with E-state index in [1.165, 1.54) is 4.90 Å². The fourth-order valence-electron chi connectivity index (χ4n) is 3.31. The second-order valence-electron chi connectivity index (χ2n) is 7.24.